The van der Waals surface area contributed by atoms with Gasteiger partial charge in [0.05, 0.1) is 21.5 Å². The molecule has 0 spiro atoms. The van der Waals surface area contributed by atoms with Crippen molar-refractivity contribution in [1.29, 1.82) is 0 Å². The van der Waals surface area contributed by atoms with Crippen LogP contribution in [0.4, 0.5) is 0 Å². The highest BCUT2D eigenvalue weighted by Crippen LogP contribution is 2.31. The lowest BCUT2D eigenvalue weighted by Gasteiger charge is -2.29. The first-order valence-electron chi connectivity index (χ1n) is 13.0. The Balaban J connectivity index is 1.83. The monoisotopic (exact) mass is 625 g/mol. The van der Waals surface area contributed by atoms with Crippen LogP contribution in [0.5, 0.6) is 0 Å². The minimum atomic E-state index is -0.880. The Morgan fingerprint density at radius 3 is 2.32 bits per heavy atom. The van der Waals surface area contributed by atoms with Gasteiger partial charge in [0.1, 0.15) is 6.04 Å². The molecule has 7 nitrogen and oxygen atoms in total. The molecule has 3 rings (SSSR count). The molecule has 206 valence electrons. The van der Waals surface area contributed by atoms with E-state index in [2.05, 4.69) is 45.7 Å². The van der Waals surface area contributed by atoms with E-state index >= 15 is 0 Å². The van der Waals surface area contributed by atoms with E-state index in [1.165, 1.54) is 0 Å². The summed E-state index contributed by atoms with van der Waals surface area (Å²) in [6.07, 6.45) is 2.64. The SMILES string of the molecule is CC(C)C[C@H](NC(=O)[C@H](Cc1ccccc1)NC(=O)c1c(Cl)ccc(Br)c1Cl)B1OCCCNCCCO1. The van der Waals surface area contributed by atoms with Crippen LogP contribution in [0, 0.1) is 5.92 Å². The van der Waals surface area contributed by atoms with Crippen molar-refractivity contribution in [1.82, 2.24) is 16.0 Å². The van der Waals surface area contributed by atoms with Crippen LogP contribution in [0.3, 0.4) is 0 Å². The Morgan fingerprint density at radius 1 is 1.03 bits per heavy atom. The van der Waals surface area contributed by atoms with Crippen molar-refractivity contribution in [3.05, 3.63) is 68.1 Å². The van der Waals surface area contributed by atoms with Gasteiger partial charge in [-0.1, -0.05) is 67.4 Å². The molecular weight excluding hydrogens is 592 g/mol. The van der Waals surface area contributed by atoms with Gasteiger partial charge in [0.15, 0.2) is 0 Å². The molecule has 0 radical (unpaired) electrons. The molecule has 0 unspecified atom stereocenters. The number of halogens is 3. The highest BCUT2D eigenvalue weighted by atomic mass is 79.9. The van der Waals surface area contributed by atoms with Crippen LogP contribution in [-0.4, -0.2) is 57.2 Å². The molecule has 2 aromatic rings. The largest absolute Gasteiger partial charge is 0.480 e. The van der Waals surface area contributed by atoms with Gasteiger partial charge in [-0.25, -0.2) is 0 Å². The number of nitrogens with one attached hydrogen (secondary N) is 3. The molecule has 11 heteroatoms. The van der Waals surface area contributed by atoms with Gasteiger partial charge in [0.25, 0.3) is 5.91 Å². The molecular formula is C27H35BBrCl2N3O4. The lowest BCUT2D eigenvalue weighted by Crippen LogP contribution is -2.56. The van der Waals surface area contributed by atoms with E-state index in [-0.39, 0.29) is 39.8 Å². The van der Waals surface area contributed by atoms with Crippen molar-refractivity contribution in [2.24, 2.45) is 5.92 Å². The number of benzene rings is 2. The summed E-state index contributed by atoms with van der Waals surface area (Å²) in [5.41, 5.74) is 1.01. The van der Waals surface area contributed by atoms with Gasteiger partial charge in [0, 0.05) is 24.1 Å². The predicted octanol–water partition coefficient (Wildman–Crippen LogP) is 5.07. The molecule has 0 aromatic heterocycles. The third-order valence-corrected chi connectivity index (χ3v) is 7.71. The number of rotatable bonds is 9. The Kier molecular flexibility index (Phi) is 12.9. The Bertz CT molecular complexity index is 1050. The summed E-state index contributed by atoms with van der Waals surface area (Å²) in [7, 11) is -0.582. The van der Waals surface area contributed by atoms with Gasteiger partial charge >= 0.3 is 7.12 Å². The van der Waals surface area contributed by atoms with E-state index in [1.54, 1.807) is 12.1 Å². The first-order valence-corrected chi connectivity index (χ1v) is 14.5. The molecule has 1 saturated heterocycles. The first kappa shape index (κ1) is 30.9. The second-order valence-electron chi connectivity index (χ2n) is 9.75. The van der Waals surface area contributed by atoms with Crippen LogP contribution in [0.15, 0.2) is 46.9 Å². The maximum atomic E-state index is 13.7. The molecule has 1 aliphatic rings. The highest BCUT2D eigenvalue weighted by molar-refractivity contribution is 9.10. The zero-order valence-electron chi connectivity index (χ0n) is 21.8. The van der Waals surface area contributed by atoms with E-state index < -0.39 is 19.1 Å². The van der Waals surface area contributed by atoms with E-state index in [0.29, 0.717) is 24.1 Å². The molecule has 1 aliphatic heterocycles. The third kappa shape index (κ3) is 9.54. The quantitative estimate of drug-likeness (QED) is 0.267. The smallest absolute Gasteiger partial charge is 0.410 e. The summed E-state index contributed by atoms with van der Waals surface area (Å²) in [6, 6.07) is 11.9. The van der Waals surface area contributed by atoms with Gasteiger partial charge in [-0.2, -0.15) is 0 Å². The maximum Gasteiger partial charge on any atom is 0.480 e. The predicted molar refractivity (Wildman–Crippen MR) is 157 cm³/mol. The molecule has 3 N–H and O–H groups in total. The molecule has 1 heterocycles. The van der Waals surface area contributed by atoms with Gasteiger partial charge in [0.2, 0.25) is 5.91 Å². The normalized spacial score (nSPS) is 16.5. The average Bonchev–Trinajstić information content (AvgIpc) is 2.89. The molecule has 0 bridgehead atoms. The Hall–Kier alpha value is -1.62. The molecule has 2 amide bonds. The highest BCUT2D eigenvalue weighted by Gasteiger charge is 2.35. The number of carbonyl (C=O) groups excluding carboxylic acids is 2. The van der Waals surface area contributed by atoms with Gasteiger partial charge in [-0.15, -0.1) is 0 Å². The number of hydrogen-bond acceptors (Lipinski definition) is 5. The number of hydrogen-bond donors (Lipinski definition) is 3. The van der Waals surface area contributed by atoms with Crippen molar-refractivity contribution < 1.29 is 18.9 Å². The fourth-order valence-electron chi connectivity index (χ4n) is 4.25. The van der Waals surface area contributed by atoms with Crippen LogP contribution in [0.25, 0.3) is 0 Å². The van der Waals surface area contributed by atoms with Crippen molar-refractivity contribution in [2.45, 2.75) is 51.5 Å². The second-order valence-corrected chi connectivity index (χ2v) is 11.4. The van der Waals surface area contributed by atoms with E-state index in [4.69, 9.17) is 32.5 Å². The summed E-state index contributed by atoms with van der Waals surface area (Å²) < 4.78 is 12.7. The van der Waals surface area contributed by atoms with Crippen LogP contribution in [0.1, 0.15) is 49.0 Å². The number of amides is 2. The van der Waals surface area contributed by atoms with Crippen molar-refractivity contribution >= 4 is 58.1 Å². The molecule has 0 aliphatic carbocycles. The fraction of sp³-hybridized carbons (Fsp3) is 0.481. The summed E-state index contributed by atoms with van der Waals surface area (Å²) in [5.74, 6) is -0.966. The molecule has 38 heavy (non-hydrogen) atoms. The number of carbonyl (C=O) groups is 2. The maximum absolute atomic E-state index is 13.7. The Labute approximate surface area is 244 Å². The average molecular weight is 627 g/mol. The standard InChI is InChI=1S/C27H35BBrCl2N3O4/c1-18(2)16-23(28-37-14-6-12-32-13-7-15-38-28)34-26(35)22(17-19-8-4-3-5-9-19)33-27(36)24-21(30)11-10-20(29)25(24)31/h3-5,8-11,18,22-23,32H,6-7,12-17H2,1-2H3,(H,33,36)(H,34,35)/t22-,23-/m0/s1. The van der Waals surface area contributed by atoms with Gasteiger partial charge in [-0.05, 0) is 71.9 Å². The minimum absolute atomic E-state index is 0.111. The molecule has 0 saturated carbocycles. The summed E-state index contributed by atoms with van der Waals surface area (Å²) in [6.45, 7) is 6.96. The van der Waals surface area contributed by atoms with Crippen LogP contribution < -0.4 is 16.0 Å². The zero-order chi connectivity index (χ0) is 27.5. The molecule has 2 aromatic carbocycles. The third-order valence-electron chi connectivity index (χ3n) is 6.12. The van der Waals surface area contributed by atoms with E-state index in [1.807, 2.05) is 30.3 Å². The Morgan fingerprint density at radius 2 is 1.68 bits per heavy atom. The molecule has 2 atom stereocenters. The van der Waals surface area contributed by atoms with E-state index in [9.17, 15) is 9.59 Å². The minimum Gasteiger partial charge on any atom is -0.410 e. The van der Waals surface area contributed by atoms with Gasteiger partial charge < -0.3 is 25.3 Å². The summed E-state index contributed by atoms with van der Waals surface area (Å²) >= 11 is 16.0. The lowest BCUT2D eigenvalue weighted by atomic mass is 9.73. The van der Waals surface area contributed by atoms with Crippen molar-refractivity contribution in [2.75, 3.05) is 26.3 Å². The lowest BCUT2D eigenvalue weighted by molar-refractivity contribution is -0.123. The zero-order valence-corrected chi connectivity index (χ0v) is 24.9. The van der Waals surface area contributed by atoms with Crippen LogP contribution in [-0.2, 0) is 20.5 Å². The van der Waals surface area contributed by atoms with Crippen molar-refractivity contribution in [3.63, 3.8) is 0 Å². The van der Waals surface area contributed by atoms with Crippen LogP contribution in [0.2, 0.25) is 10.0 Å². The van der Waals surface area contributed by atoms with Crippen molar-refractivity contribution in [3.8, 4) is 0 Å². The van der Waals surface area contributed by atoms with Crippen LogP contribution >= 0.6 is 39.1 Å². The topological polar surface area (TPSA) is 88.7 Å². The second kappa shape index (κ2) is 15.8. The van der Waals surface area contributed by atoms with E-state index in [0.717, 1.165) is 31.5 Å². The summed E-state index contributed by atoms with van der Waals surface area (Å²) in [5, 5.41) is 9.72. The molecule has 1 fully saturated rings. The summed E-state index contributed by atoms with van der Waals surface area (Å²) in [4.78, 5) is 27.1. The van der Waals surface area contributed by atoms with Gasteiger partial charge in [-0.3, -0.25) is 9.59 Å². The fourth-order valence-corrected chi connectivity index (χ4v) is 5.13. The first-order chi connectivity index (χ1) is 18.3.